The molecule has 0 unspecified atom stereocenters. The molecular weight excluding hydrogens is 184 g/mol. The van der Waals surface area contributed by atoms with E-state index in [0.717, 1.165) is 12.3 Å². The number of hydrogen-bond donors (Lipinski definition) is 1. The molecule has 0 amide bonds. The van der Waals surface area contributed by atoms with Crippen LogP contribution in [0.1, 0.15) is 26.3 Å². The molecule has 0 aromatic heterocycles. The fourth-order valence-electron chi connectivity index (χ4n) is 0.774. The second-order valence-corrected chi connectivity index (χ2v) is 3.69. The van der Waals surface area contributed by atoms with Crippen molar-refractivity contribution in [3.8, 4) is 12.8 Å². The molecule has 0 aliphatic rings. The predicted octanol–water partition coefficient (Wildman–Crippen LogP) is 3.13. The molecule has 0 saturated carbocycles. The zero-order valence-electron chi connectivity index (χ0n) is 9.98. The molecule has 0 saturated heterocycles. The van der Waals surface area contributed by atoms with E-state index in [4.69, 9.17) is 5.11 Å². The maximum Gasteiger partial charge on any atom is 0.0471 e. The van der Waals surface area contributed by atoms with Gasteiger partial charge >= 0.3 is 0 Å². The summed E-state index contributed by atoms with van der Waals surface area (Å²) in [5.41, 5.74) is 1.19. The van der Waals surface area contributed by atoms with E-state index in [1.165, 1.54) is 5.56 Å². The van der Waals surface area contributed by atoms with Gasteiger partial charge in [-0.3, -0.25) is 0 Å². The van der Waals surface area contributed by atoms with Gasteiger partial charge in [0.1, 0.15) is 0 Å². The number of aliphatic hydroxyl groups is 1. The first-order chi connectivity index (χ1) is 7.16. The largest absolute Gasteiger partial charge is 0.396 e. The molecule has 0 spiro atoms. The standard InChI is InChI=1S/C8H10O.C4H10.C2H2/c9-7-6-8-4-2-1-3-5-8;1-4(2)3;1-2/h1-5,9H,6-7H2;4H,1-3H3;1-2H. The summed E-state index contributed by atoms with van der Waals surface area (Å²) in [5.74, 6) is 0.833. The number of benzene rings is 1. The van der Waals surface area contributed by atoms with E-state index in [1.54, 1.807) is 0 Å². The summed E-state index contributed by atoms with van der Waals surface area (Å²) in [5, 5.41) is 8.52. The van der Waals surface area contributed by atoms with Crippen molar-refractivity contribution in [1.82, 2.24) is 0 Å². The smallest absolute Gasteiger partial charge is 0.0471 e. The van der Waals surface area contributed by atoms with E-state index in [1.807, 2.05) is 30.3 Å². The number of hydrogen-bond acceptors (Lipinski definition) is 1. The van der Waals surface area contributed by atoms with E-state index in [2.05, 4.69) is 33.6 Å². The summed E-state index contributed by atoms with van der Waals surface area (Å²) < 4.78 is 0. The molecule has 0 aliphatic heterocycles. The molecule has 0 radical (unpaired) electrons. The molecule has 1 N–H and O–H groups in total. The summed E-state index contributed by atoms with van der Waals surface area (Å²) in [6, 6.07) is 9.95. The molecule has 1 heteroatoms. The normalized spacial score (nSPS) is 8.20. The van der Waals surface area contributed by atoms with Crippen LogP contribution in [-0.4, -0.2) is 11.7 Å². The topological polar surface area (TPSA) is 20.2 Å². The third-order valence-corrected chi connectivity index (χ3v) is 1.24. The minimum absolute atomic E-state index is 0.240. The van der Waals surface area contributed by atoms with Gasteiger partial charge in [0.25, 0.3) is 0 Å². The van der Waals surface area contributed by atoms with Crippen LogP contribution in [0.3, 0.4) is 0 Å². The van der Waals surface area contributed by atoms with Crippen LogP contribution in [0.4, 0.5) is 0 Å². The molecule has 1 nitrogen and oxygen atoms in total. The third kappa shape index (κ3) is 15.5. The van der Waals surface area contributed by atoms with E-state index in [-0.39, 0.29) is 6.61 Å². The zero-order chi connectivity index (χ0) is 12.1. The molecule has 84 valence electrons. The van der Waals surface area contributed by atoms with Crippen molar-refractivity contribution in [2.24, 2.45) is 5.92 Å². The molecule has 1 aromatic rings. The molecular formula is C14H22O. The highest BCUT2D eigenvalue weighted by Gasteiger charge is 1.85. The van der Waals surface area contributed by atoms with Gasteiger partial charge in [-0.2, -0.15) is 0 Å². The van der Waals surface area contributed by atoms with E-state index in [9.17, 15) is 0 Å². The van der Waals surface area contributed by atoms with Gasteiger partial charge in [-0.1, -0.05) is 51.1 Å². The van der Waals surface area contributed by atoms with Gasteiger partial charge in [-0.15, -0.1) is 12.8 Å². The van der Waals surface area contributed by atoms with Crippen LogP contribution in [0, 0.1) is 18.8 Å². The lowest BCUT2D eigenvalue weighted by Crippen LogP contribution is -1.88. The third-order valence-electron chi connectivity index (χ3n) is 1.24. The van der Waals surface area contributed by atoms with Gasteiger partial charge in [-0.05, 0) is 17.9 Å². The van der Waals surface area contributed by atoms with Gasteiger partial charge in [0.2, 0.25) is 0 Å². The molecule has 0 aliphatic carbocycles. The fourth-order valence-corrected chi connectivity index (χ4v) is 0.774. The first-order valence-corrected chi connectivity index (χ1v) is 5.15. The molecule has 1 aromatic carbocycles. The van der Waals surface area contributed by atoms with Crippen LogP contribution in [0.15, 0.2) is 30.3 Å². The van der Waals surface area contributed by atoms with Crippen LogP contribution < -0.4 is 0 Å². The molecule has 1 rings (SSSR count). The summed E-state index contributed by atoms with van der Waals surface area (Å²) in [6.45, 7) is 6.74. The number of terminal acetylenes is 1. The van der Waals surface area contributed by atoms with Crippen molar-refractivity contribution < 1.29 is 5.11 Å². The minimum Gasteiger partial charge on any atom is -0.396 e. The SMILES string of the molecule is C#C.CC(C)C.OCCc1ccccc1. The van der Waals surface area contributed by atoms with E-state index >= 15 is 0 Å². The second kappa shape index (κ2) is 12.7. The van der Waals surface area contributed by atoms with Gasteiger partial charge in [-0.25, -0.2) is 0 Å². The highest BCUT2D eigenvalue weighted by atomic mass is 16.2. The van der Waals surface area contributed by atoms with Crippen LogP contribution in [0.5, 0.6) is 0 Å². The molecule has 15 heavy (non-hydrogen) atoms. The summed E-state index contributed by atoms with van der Waals surface area (Å²) in [6.07, 6.45) is 8.76. The Morgan fingerprint density at radius 2 is 1.47 bits per heavy atom. The highest BCUT2D eigenvalue weighted by molar-refractivity contribution is 5.14. The van der Waals surface area contributed by atoms with Gasteiger partial charge in [0, 0.05) is 6.61 Å². The van der Waals surface area contributed by atoms with Crippen molar-refractivity contribution in [2.45, 2.75) is 27.2 Å². The van der Waals surface area contributed by atoms with Gasteiger partial charge in [0.15, 0.2) is 0 Å². The average Bonchev–Trinajstić information content (AvgIpc) is 2.22. The second-order valence-electron chi connectivity index (χ2n) is 3.69. The lowest BCUT2D eigenvalue weighted by molar-refractivity contribution is 0.299. The van der Waals surface area contributed by atoms with Crippen molar-refractivity contribution in [1.29, 1.82) is 0 Å². The van der Waals surface area contributed by atoms with Gasteiger partial charge in [0.05, 0.1) is 0 Å². The monoisotopic (exact) mass is 206 g/mol. The predicted molar refractivity (Wildman–Crippen MR) is 67.6 cm³/mol. The fraction of sp³-hybridized carbons (Fsp3) is 0.429. The Labute approximate surface area is 94.2 Å². The van der Waals surface area contributed by atoms with E-state index in [0.29, 0.717) is 0 Å². The van der Waals surface area contributed by atoms with Crippen molar-refractivity contribution >= 4 is 0 Å². The Balaban J connectivity index is 0. The molecule has 0 heterocycles. The van der Waals surface area contributed by atoms with Crippen molar-refractivity contribution in [3.63, 3.8) is 0 Å². The maximum absolute atomic E-state index is 8.52. The van der Waals surface area contributed by atoms with Crippen LogP contribution >= 0.6 is 0 Å². The van der Waals surface area contributed by atoms with E-state index < -0.39 is 0 Å². The Kier molecular flexibility index (Phi) is 13.7. The summed E-state index contributed by atoms with van der Waals surface area (Å²) in [4.78, 5) is 0. The maximum atomic E-state index is 8.52. The number of rotatable bonds is 2. The van der Waals surface area contributed by atoms with Crippen molar-refractivity contribution in [3.05, 3.63) is 35.9 Å². The van der Waals surface area contributed by atoms with Gasteiger partial charge < -0.3 is 5.11 Å². The van der Waals surface area contributed by atoms with Crippen molar-refractivity contribution in [2.75, 3.05) is 6.61 Å². The zero-order valence-corrected chi connectivity index (χ0v) is 9.98. The quantitative estimate of drug-likeness (QED) is 0.737. The first kappa shape index (κ1) is 16.2. The molecule has 0 bridgehead atoms. The lowest BCUT2D eigenvalue weighted by atomic mass is 10.2. The lowest BCUT2D eigenvalue weighted by Gasteiger charge is -1.93. The number of aliphatic hydroxyl groups excluding tert-OH is 1. The Hall–Kier alpha value is -1.26. The molecule has 0 fully saturated rings. The summed E-state index contributed by atoms with van der Waals surface area (Å²) >= 11 is 0. The minimum atomic E-state index is 0.240. The summed E-state index contributed by atoms with van der Waals surface area (Å²) in [7, 11) is 0. The first-order valence-electron chi connectivity index (χ1n) is 5.15. The van der Waals surface area contributed by atoms with Crippen LogP contribution in [0.25, 0.3) is 0 Å². The highest BCUT2D eigenvalue weighted by Crippen LogP contribution is 1.97. The van der Waals surface area contributed by atoms with Crippen LogP contribution in [-0.2, 0) is 6.42 Å². The average molecular weight is 206 g/mol. The molecule has 0 atom stereocenters. The van der Waals surface area contributed by atoms with Crippen LogP contribution in [0.2, 0.25) is 0 Å². The Morgan fingerprint density at radius 3 is 1.80 bits per heavy atom. The Morgan fingerprint density at radius 1 is 1.07 bits per heavy atom. The Bertz CT molecular complexity index is 221.